The van der Waals surface area contributed by atoms with Gasteiger partial charge in [0.2, 0.25) is 7.37 Å². The molecule has 1 aromatic heterocycles. The number of nitrogens with one attached hydrogen (secondary N) is 9. The lowest BCUT2D eigenvalue weighted by Gasteiger charge is -2.23. The van der Waals surface area contributed by atoms with E-state index in [1.54, 1.807) is 0 Å². The number of H-pyrrole nitrogens is 1. The first-order valence-electron chi connectivity index (χ1n) is 32.9. The third-order valence-corrected chi connectivity index (χ3v) is 17.1. The summed E-state index contributed by atoms with van der Waals surface area (Å²) in [7, 11) is -3.93. The van der Waals surface area contributed by atoms with Crippen LogP contribution in [-0.4, -0.2) is 288 Å². The van der Waals surface area contributed by atoms with Crippen molar-refractivity contribution in [3.63, 3.8) is 0 Å². The minimum Gasteiger partial charge on any atom is -0.481 e. The number of benzene rings is 1. The molecule has 8 amide bonds. The molecule has 0 saturated heterocycles. The van der Waals surface area contributed by atoms with Gasteiger partial charge in [-0.25, -0.2) is 38.4 Å². The number of amides is 8. The second-order valence-electron chi connectivity index (χ2n) is 23.6. The molecule has 0 aliphatic carbocycles. The van der Waals surface area contributed by atoms with Crippen molar-refractivity contribution < 1.29 is 185 Å². The van der Waals surface area contributed by atoms with E-state index in [0.29, 0.717) is 18.7 Å². The van der Waals surface area contributed by atoms with Crippen LogP contribution >= 0.6 is 31.8 Å². The lowest BCUT2D eigenvalue weighted by Crippen LogP contribution is -2.50. The molecule has 1 heterocycles. The van der Waals surface area contributed by atoms with E-state index in [-0.39, 0.29) is 113 Å². The Hall–Kier alpha value is -12.2. The number of nitrogens with zero attached hydrogens (tertiary/aromatic N) is 3. The molecule has 3 unspecified atom stereocenters. The summed E-state index contributed by atoms with van der Waals surface area (Å²) in [6.45, 7) is 6.47. The topological polar surface area (TPSA) is 798 Å². The Balaban J connectivity index is -0.00000136. The van der Waals surface area contributed by atoms with Crippen molar-refractivity contribution in [2.75, 3.05) is 23.8 Å². The normalized spacial score (nSPS) is 13.5. The average Bonchev–Trinajstić information content (AvgIpc) is 0.943. The van der Waals surface area contributed by atoms with Gasteiger partial charge in [0.15, 0.2) is 30.7 Å². The number of tetrazole rings is 1. The zero-order chi connectivity index (χ0) is 87.5. The van der Waals surface area contributed by atoms with Crippen molar-refractivity contribution in [1.82, 2.24) is 63.2 Å². The summed E-state index contributed by atoms with van der Waals surface area (Å²) in [5.74, 6) is -14.6. The molecular weight excluding hydrogens is 1600 g/mol. The average molecular weight is 1700 g/mol. The third kappa shape index (κ3) is 59.6. The molecule has 53 heteroatoms. The van der Waals surface area contributed by atoms with Crippen molar-refractivity contribution in [2.45, 2.75) is 183 Å². The van der Waals surface area contributed by atoms with Crippen LogP contribution in [0.3, 0.4) is 0 Å². The van der Waals surface area contributed by atoms with Crippen molar-refractivity contribution in [3.05, 3.63) is 41.7 Å². The number of aromatic nitrogens is 4. The highest BCUT2D eigenvalue weighted by Gasteiger charge is 2.33. The molecule has 50 nitrogen and oxygen atoms in total. The van der Waals surface area contributed by atoms with Crippen LogP contribution in [0.1, 0.15) is 122 Å². The standard InChI is InChI=1S/C17H23O8P.C13H22N2O7S.C11H16N6O7.C11H16N2O9.C9H14N2O7S/c18-12-25-15(8-6-13-4-2-1-3-5-13)11-26(23,24)10-14(17(21)22)7-9-16(19)20;1-13(2,3)23-6-9(22-7-16)15-12(21)14-8(11(19)20)4-5-10(17)18;18-5-24-8(3-2-7-14-16-17-15-7)13-11(23)12-6(10(21)22)1-4-9(19)20;14-5-22-7(2-4-9(17)18)13-11(21)12-6(10(19)20)1-3-8(15)16;12-4-18-6(3-19)11-9(17)10-5(8(15)16)1-2-7(13)14/h1-5,12,14-15H,6-11H2,(H,19,20)(H,21,22)(H,23,24);7-9H,4-6H2,1-3H3,(H,17,18)(H,19,20)(H2,14,15,21);5-6,8H,1-4H2,(H,19,20)(H,21,22)(H2,12,13,23)(H,14,15,16,17);5-7H,1-4H2,(H,15,16)(H,17,18)(H,19,20)(H2,12,13,21);4-6,19H,1-3H2,(H,13,14)(H,15,16)(H2,10,11,17)/t;8-,9+;6-,8+;6-,7+;5-,6+/m.0000/s1. The van der Waals surface area contributed by atoms with E-state index in [0.717, 1.165) is 5.56 Å². The molecule has 21 N–H and O–H groups in total. The minimum atomic E-state index is -3.93. The van der Waals surface area contributed by atoms with Crippen LogP contribution in [0.15, 0.2) is 30.3 Å². The maximum Gasteiger partial charge on any atom is 0.326 e. The van der Waals surface area contributed by atoms with Gasteiger partial charge in [0.1, 0.15) is 30.3 Å². The number of carbonyl (C=O) groups is 20. The highest BCUT2D eigenvalue weighted by atomic mass is 32.2. The summed E-state index contributed by atoms with van der Waals surface area (Å²) in [5, 5.41) is 126. The number of thioether (sulfide) groups is 1. The Bertz CT molecular complexity index is 3450. The molecule has 0 aliphatic heterocycles. The van der Waals surface area contributed by atoms with Gasteiger partial charge in [0.05, 0.1) is 24.3 Å². The third-order valence-electron chi connectivity index (χ3n) is 13.4. The zero-order valence-corrected chi connectivity index (χ0v) is 63.4. The molecule has 2 aromatic rings. The van der Waals surface area contributed by atoms with Crippen molar-refractivity contribution in [3.8, 4) is 0 Å². The van der Waals surface area contributed by atoms with E-state index in [2.05, 4.69) is 84.7 Å². The number of aromatic amines is 1. The maximum absolute atomic E-state index is 12.4. The van der Waals surface area contributed by atoms with E-state index < -0.39 is 197 Å². The van der Waals surface area contributed by atoms with Gasteiger partial charge in [-0.1, -0.05) is 56.3 Å². The molecule has 114 heavy (non-hydrogen) atoms. The predicted molar refractivity (Wildman–Crippen MR) is 382 cm³/mol. The van der Waals surface area contributed by atoms with Gasteiger partial charge in [-0.3, -0.25) is 62.1 Å². The van der Waals surface area contributed by atoms with Crippen LogP contribution < -0.4 is 42.5 Å². The molecule has 0 bridgehead atoms. The fourth-order valence-electron chi connectivity index (χ4n) is 8.05. The van der Waals surface area contributed by atoms with Crippen molar-refractivity contribution >= 4 is 154 Å². The number of thiol groups is 1. The van der Waals surface area contributed by atoms with Crippen LogP contribution in [0.4, 0.5) is 19.2 Å². The number of carboxylic acids is 11. The Morgan fingerprint density at radius 3 is 1.12 bits per heavy atom. The predicted octanol–water partition coefficient (Wildman–Crippen LogP) is -1.12. The Morgan fingerprint density at radius 1 is 0.447 bits per heavy atom. The first-order chi connectivity index (χ1) is 53.4. The van der Waals surface area contributed by atoms with Crippen LogP contribution in [0, 0.1) is 5.92 Å². The Labute approximate surface area is 654 Å². The van der Waals surface area contributed by atoms with Gasteiger partial charge >= 0.3 is 89.8 Å². The Morgan fingerprint density at radius 2 is 0.789 bits per heavy atom. The number of hydrogen-bond donors (Lipinski definition) is 22. The molecule has 0 saturated carbocycles. The monoisotopic (exact) mass is 1690 g/mol. The van der Waals surface area contributed by atoms with Gasteiger partial charge in [-0.2, -0.15) is 29.6 Å². The van der Waals surface area contributed by atoms with Gasteiger partial charge in [0.25, 0.3) is 32.4 Å². The van der Waals surface area contributed by atoms with Gasteiger partial charge in [-0.15, -0.1) is 10.2 Å². The second kappa shape index (κ2) is 60.5. The molecule has 0 aliphatic rings. The summed E-state index contributed by atoms with van der Waals surface area (Å²) in [6, 6.07) is 0.0443. The second-order valence-corrected chi connectivity index (χ2v) is 28.2. The van der Waals surface area contributed by atoms with Gasteiger partial charge in [0, 0.05) is 68.0 Å². The lowest BCUT2D eigenvalue weighted by molar-refractivity contribution is -0.143. The van der Waals surface area contributed by atoms with Gasteiger partial charge < -0.3 is 127 Å². The molecule has 2 rings (SSSR count). The van der Waals surface area contributed by atoms with Crippen molar-refractivity contribution in [1.29, 1.82) is 0 Å². The molecular formula is C61H91N12O38PS2. The highest BCUT2D eigenvalue weighted by molar-refractivity contribution is 8.00. The molecule has 0 fully saturated rings. The van der Waals surface area contributed by atoms with E-state index in [1.165, 1.54) is 11.8 Å². The zero-order valence-electron chi connectivity index (χ0n) is 60.8. The lowest BCUT2D eigenvalue weighted by atomic mass is 10.1. The summed E-state index contributed by atoms with van der Waals surface area (Å²) >= 11 is 5.25. The highest BCUT2D eigenvalue weighted by Crippen LogP contribution is 2.45. The molecule has 11 atom stereocenters. The summed E-state index contributed by atoms with van der Waals surface area (Å²) in [5.41, 5.74) is 0.977. The fraction of sp³-hybridized carbons (Fsp3) is 0.557. The van der Waals surface area contributed by atoms with Crippen LogP contribution in [0.5, 0.6) is 0 Å². The summed E-state index contributed by atoms with van der Waals surface area (Å²) in [6.07, 6.45) is -8.86. The van der Waals surface area contributed by atoms with Crippen molar-refractivity contribution in [2.24, 2.45) is 5.92 Å². The summed E-state index contributed by atoms with van der Waals surface area (Å²) in [4.78, 5) is 226. The molecule has 1 aromatic carbocycles. The van der Waals surface area contributed by atoms with E-state index >= 15 is 0 Å². The van der Waals surface area contributed by atoms with Crippen LogP contribution in [0.2, 0.25) is 0 Å². The molecule has 0 spiro atoms. The van der Waals surface area contributed by atoms with E-state index in [1.807, 2.05) is 56.4 Å². The first-order valence-corrected chi connectivity index (χ1v) is 36.5. The molecule has 0 radical (unpaired) electrons. The van der Waals surface area contributed by atoms with E-state index in [4.69, 9.17) is 65.6 Å². The number of carboxylic acid groups (broad SMARTS) is 11. The van der Waals surface area contributed by atoms with Crippen LogP contribution in [-0.2, 0) is 118 Å². The Kier molecular flexibility index (Phi) is 56.2. The summed E-state index contributed by atoms with van der Waals surface area (Å²) < 4.78 is 35.5. The SMILES string of the molecule is CC(C)(C)SC[C@H](NC(=O)N[C@@H](CCC(=O)O)C(=O)O)OC=O.O=COC(CCc1ccccc1)CP(=O)(O)CC(CCC(=O)O)C(=O)O.O=CO[C@H](CCC(=O)O)NC(=O)N[C@@H](CCC(=O)O)C(=O)O.O=CO[C@H](CCc1nn[nH]n1)NC(=O)N[C@@H](CCC(=O)O)C(=O)O.O=CO[C@H](CS)NC(=O)N[C@@H](CCC(=O)O)C(=O)O. The van der Waals surface area contributed by atoms with E-state index in [9.17, 15) is 105 Å². The maximum atomic E-state index is 12.4. The quantitative estimate of drug-likeness (QED) is 0.0123. The number of carbonyl (C=O) groups excluding carboxylic acids is 9. The largest absolute Gasteiger partial charge is 0.481 e. The number of aliphatic carboxylic acids is 11. The fourth-order valence-corrected chi connectivity index (χ4v) is 11.1. The van der Waals surface area contributed by atoms with Crippen LogP contribution in [0.25, 0.3) is 0 Å². The number of hydrogen-bond acceptors (Lipinski definition) is 31. The number of rotatable bonds is 54. The van der Waals surface area contributed by atoms with Gasteiger partial charge in [-0.05, 0) is 50.5 Å². The minimum absolute atomic E-state index is 0.000968. The first kappa shape index (κ1) is 106. The smallest absolute Gasteiger partial charge is 0.326 e. The number of ether oxygens (including phenoxy) is 5. The molecule has 640 valence electrons. The number of urea groups is 4. The number of aryl methyl sites for hydroxylation is 2.